The fourth-order valence-corrected chi connectivity index (χ4v) is 3.72. The van der Waals surface area contributed by atoms with Crippen LogP contribution in [0.3, 0.4) is 0 Å². The summed E-state index contributed by atoms with van der Waals surface area (Å²) < 4.78 is 5.05. The maximum atomic E-state index is 12.3. The molecule has 1 aliphatic heterocycles. The minimum Gasteiger partial charge on any atom is -0.453 e. The van der Waals surface area contributed by atoms with Crippen LogP contribution in [0.25, 0.3) is 0 Å². The van der Waals surface area contributed by atoms with Crippen molar-refractivity contribution in [2.24, 2.45) is 0 Å². The molecule has 1 heterocycles. The predicted molar refractivity (Wildman–Crippen MR) is 91.4 cm³/mol. The van der Waals surface area contributed by atoms with Crippen LogP contribution in [0, 0.1) is 0 Å². The van der Waals surface area contributed by atoms with Crippen molar-refractivity contribution in [2.45, 2.75) is 31.2 Å². The van der Waals surface area contributed by atoms with Gasteiger partial charge in [-0.25, -0.2) is 4.79 Å². The third-order valence-electron chi connectivity index (χ3n) is 4.74. The van der Waals surface area contributed by atoms with Gasteiger partial charge in [-0.05, 0) is 36.8 Å². The molecule has 2 aromatic carbocycles. The zero-order chi connectivity index (χ0) is 16.1. The topological polar surface area (TPSA) is 29.5 Å². The minimum atomic E-state index is -0.214. The van der Waals surface area contributed by atoms with Crippen LogP contribution >= 0.6 is 0 Å². The first-order valence-corrected chi connectivity index (χ1v) is 8.17. The standard InChI is InChI=1S/C20H23NO2/c1-23-19(22)21-14-8-13-20(21,15-17-9-4-2-5-10-17)16-18-11-6-3-7-12-18/h2-7,9-12H,8,13-16H2,1H3. The molecule has 0 saturated carbocycles. The van der Waals surface area contributed by atoms with Gasteiger partial charge in [-0.15, -0.1) is 0 Å². The van der Waals surface area contributed by atoms with Crippen LogP contribution in [0.1, 0.15) is 24.0 Å². The third-order valence-corrected chi connectivity index (χ3v) is 4.74. The van der Waals surface area contributed by atoms with Crippen LogP contribution in [0.4, 0.5) is 4.79 Å². The molecular weight excluding hydrogens is 286 g/mol. The van der Waals surface area contributed by atoms with Gasteiger partial charge >= 0.3 is 6.09 Å². The van der Waals surface area contributed by atoms with Crippen molar-refractivity contribution in [3.05, 3.63) is 71.8 Å². The summed E-state index contributed by atoms with van der Waals surface area (Å²) in [4.78, 5) is 14.3. The highest BCUT2D eigenvalue weighted by Crippen LogP contribution is 2.36. The number of hydrogen-bond acceptors (Lipinski definition) is 2. The Balaban J connectivity index is 1.93. The van der Waals surface area contributed by atoms with E-state index in [1.807, 2.05) is 17.0 Å². The lowest BCUT2D eigenvalue weighted by Crippen LogP contribution is -2.50. The minimum absolute atomic E-state index is 0.199. The second-order valence-corrected chi connectivity index (χ2v) is 6.27. The molecule has 0 N–H and O–H groups in total. The number of benzene rings is 2. The van der Waals surface area contributed by atoms with Crippen molar-refractivity contribution in [1.29, 1.82) is 0 Å². The highest BCUT2D eigenvalue weighted by atomic mass is 16.5. The molecule has 0 radical (unpaired) electrons. The second kappa shape index (κ2) is 6.86. The molecule has 1 fully saturated rings. The average molecular weight is 309 g/mol. The third kappa shape index (κ3) is 3.39. The van der Waals surface area contributed by atoms with Gasteiger partial charge in [-0.3, -0.25) is 0 Å². The van der Waals surface area contributed by atoms with Crippen LogP contribution in [0.15, 0.2) is 60.7 Å². The van der Waals surface area contributed by atoms with Crippen LogP contribution < -0.4 is 0 Å². The number of ether oxygens (including phenoxy) is 1. The molecule has 2 aromatic rings. The van der Waals surface area contributed by atoms with Gasteiger partial charge in [0.2, 0.25) is 0 Å². The predicted octanol–water partition coefficient (Wildman–Crippen LogP) is 4.07. The molecule has 3 rings (SSSR count). The second-order valence-electron chi connectivity index (χ2n) is 6.27. The Morgan fingerprint density at radius 2 is 1.52 bits per heavy atom. The average Bonchev–Trinajstić information content (AvgIpc) is 2.99. The summed E-state index contributed by atoms with van der Waals surface area (Å²) in [7, 11) is 1.47. The van der Waals surface area contributed by atoms with Crippen LogP contribution in [0.2, 0.25) is 0 Å². The van der Waals surface area contributed by atoms with Crippen molar-refractivity contribution in [2.75, 3.05) is 13.7 Å². The van der Waals surface area contributed by atoms with Gasteiger partial charge in [0.05, 0.1) is 12.6 Å². The summed E-state index contributed by atoms with van der Waals surface area (Å²) in [5.74, 6) is 0. The lowest BCUT2D eigenvalue weighted by Gasteiger charge is -2.38. The van der Waals surface area contributed by atoms with Gasteiger partial charge < -0.3 is 9.64 Å². The van der Waals surface area contributed by atoms with Gasteiger partial charge in [0.25, 0.3) is 0 Å². The summed E-state index contributed by atoms with van der Waals surface area (Å²) in [5.41, 5.74) is 2.33. The number of likely N-dealkylation sites (tertiary alicyclic amines) is 1. The molecule has 120 valence electrons. The maximum absolute atomic E-state index is 12.3. The zero-order valence-electron chi connectivity index (χ0n) is 13.6. The molecule has 1 aliphatic rings. The van der Waals surface area contributed by atoms with Crippen molar-refractivity contribution in [3.8, 4) is 0 Å². The van der Waals surface area contributed by atoms with Gasteiger partial charge in [-0.1, -0.05) is 60.7 Å². The van der Waals surface area contributed by atoms with Crippen LogP contribution in [0.5, 0.6) is 0 Å². The van der Waals surface area contributed by atoms with E-state index in [0.29, 0.717) is 0 Å². The van der Waals surface area contributed by atoms with Gasteiger partial charge in [-0.2, -0.15) is 0 Å². The number of hydrogen-bond donors (Lipinski definition) is 0. The highest BCUT2D eigenvalue weighted by molar-refractivity contribution is 5.69. The Kier molecular flexibility index (Phi) is 4.65. The summed E-state index contributed by atoms with van der Waals surface area (Å²) >= 11 is 0. The van der Waals surface area contributed by atoms with E-state index in [4.69, 9.17) is 4.74 Å². The van der Waals surface area contributed by atoms with Crippen molar-refractivity contribution < 1.29 is 9.53 Å². The smallest absolute Gasteiger partial charge is 0.409 e. The summed E-state index contributed by atoms with van der Waals surface area (Å²) in [6, 6.07) is 20.8. The maximum Gasteiger partial charge on any atom is 0.409 e. The molecule has 1 amide bonds. The summed E-state index contributed by atoms with van der Waals surface area (Å²) in [6.45, 7) is 0.770. The number of nitrogens with zero attached hydrogens (tertiary/aromatic N) is 1. The number of amides is 1. The van der Waals surface area contributed by atoms with Crippen molar-refractivity contribution in [3.63, 3.8) is 0 Å². The number of carbonyl (C=O) groups excluding carboxylic acids is 1. The molecule has 3 heteroatoms. The van der Waals surface area contributed by atoms with E-state index in [2.05, 4.69) is 48.5 Å². The quantitative estimate of drug-likeness (QED) is 0.852. The Bertz CT molecular complexity index is 598. The monoisotopic (exact) mass is 309 g/mol. The van der Waals surface area contributed by atoms with E-state index in [1.165, 1.54) is 18.2 Å². The molecule has 1 saturated heterocycles. The Morgan fingerprint density at radius 1 is 1.00 bits per heavy atom. The largest absolute Gasteiger partial charge is 0.453 e. The molecule has 0 aromatic heterocycles. The summed E-state index contributed by atoms with van der Waals surface area (Å²) in [5, 5.41) is 0. The Morgan fingerprint density at radius 3 is 2.00 bits per heavy atom. The zero-order valence-corrected chi connectivity index (χ0v) is 13.6. The Hall–Kier alpha value is -2.29. The highest BCUT2D eigenvalue weighted by Gasteiger charge is 2.44. The van der Waals surface area contributed by atoms with E-state index in [9.17, 15) is 4.79 Å². The van der Waals surface area contributed by atoms with E-state index in [-0.39, 0.29) is 11.6 Å². The molecule has 23 heavy (non-hydrogen) atoms. The molecule has 0 bridgehead atoms. The fourth-order valence-electron chi connectivity index (χ4n) is 3.72. The van der Waals surface area contributed by atoms with E-state index < -0.39 is 0 Å². The molecule has 0 unspecified atom stereocenters. The molecule has 3 nitrogen and oxygen atoms in total. The number of rotatable bonds is 4. The first-order chi connectivity index (χ1) is 11.2. The van der Waals surface area contributed by atoms with Gasteiger partial charge in [0, 0.05) is 6.54 Å². The van der Waals surface area contributed by atoms with E-state index in [1.54, 1.807) is 0 Å². The van der Waals surface area contributed by atoms with E-state index in [0.717, 1.165) is 32.2 Å². The van der Waals surface area contributed by atoms with Crippen molar-refractivity contribution in [1.82, 2.24) is 4.90 Å². The lowest BCUT2D eigenvalue weighted by molar-refractivity contribution is 0.0849. The fraction of sp³-hybridized carbons (Fsp3) is 0.350. The van der Waals surface area contributed by atoms with Crippen LogP contribution in [-0.2, 0) is 17.6 Å². The summed E-state index contributed by atoms with van der Waals surface area (Å²) in [6.07, 6.45) is 3.53. The number of carbonyl (C=O) groups is 1. The first kappa shape index (κ1) is 15.6. The first-order valence-electron chi connectivity index (χ1n) is 8.17. The molecule has 0 atom stereocenters. The van der Waals surface area contributed by atoms with Gasteiger partial charge in [0.15, 0.2) is 0 Å². The SMILES string of the molecule is COC(=O)N1CCCC1(Cc1ccccc1)Cc1ccccc1. The van der Waals surface area contributed by atoms with Gasteiger partial charge in [0.1, 0.15) is 0 Å². The lowest BCUT2D eigenvalue weighted by atomic mass is 9.82. The van der Waals surface area contributed by atoms with Crippen molar-refractivity contribution >= 4 is 6.09 Å². The number of methoxy groups -OCH3 is 1. The Labute approximate surface area is 137 Å². The van der Waals surface area contributed by atoms with Crippen LogP contribution in [-0.4, -0.2) is 30.2 Å². The molecular formula is C20H23NO2. The van der Waals surface area contributed by atoms with E-state index >= 15 is 0 Å². The normalized spacial score (nSPS) is 16.3. The molecule has 0 spiro atoms. The molecule has 0 aliphatic carbocycles.